The molecule has 0 atom stereocenters. The summed E-state index contributed by atoms with van der Waals surface area (Å²) in [5, 5.41) is 9.78. The zero-order valence-corrected chi connectivity index (χ0v) is 15.3. The van der Waals surface area contributed by atoms with E-state index in [4.69, 9.17) is 0 Å². The molecular formula is C22H19N5O. The predicted octanol–water partition coefficient (Wildman–Crippen LogP) is 5.33. The second kappa shape index (κ2) is 7.75. The van der Waals surface area contributed by atoms with Gasteiger partial charge in [0.25, 0.3) is 0 Å². The maximum absolute atomic E-state index is 12.3. The van der Waals surface area contributed by atoms with Gasteiger partial charge in [-0.1, -0.05) is 35.9 Å². The number of hydrogen-bond donors (Lipinski definition) is 3. The van der Waals surface area contributed by atoms with E-state index in [1.54, 1.807) is 0 Å². The number of fused-ring (bicyclic) bond motifs is 1. The van der Waals surface area contributed by atoms with Crippen molar-refractivity contribution in [3.8, 4) is 0 Å². The van der Waals surface area contributed by atoms with Crippen molar-refractivity contribution >= 4 is 39.8 Å². The average Bonchev–Trinajstić information content (AvgIpc) is 2.71. The highest BCUT2D eigenvalue weighted by molar-refractivity contribution is 6.02. The van der Waals surface area contributed by atoms with Crippen LogP contribution in [0.1, 0.15) is 5.56 Å². The van der Waals surface area contributed by atoms with E-state index in [0.717, 1.165) is 22.3 Å². The number of nitrogens with one attached hydrogen (secondary N) is 3. The lowest BCUT2D eigenvalue weighted by Crippen LogP contribution is -2.19. The molecule has 0 aliphatic heterocycles. The normalized spacial score (nSPS) is 10.5. The van der Waals surface area contributed by atoms with Gasteiger partial charge in [0.05, 0.1) is 5.52 Å². The molecule has 1 heterocycles. The van der Waals surface area contributed by atoms with Crippen molar-refractivity contribution in [3.63, 3.8) is 0 Å². The Bertz CT molecular complexity index is 1110. The Balaban J connectivity index is 1.57. The molecule has 0 aliphatic rings. The van der Waals surface area contributed by atoms with E-state index in [1.165, 1.54) is 11.9 Å². The highest BCUT2D eigenvalue weighted by atomic mass is 16.2. The molecule has 6 nitrogen and oxygen atoms in total. The van der Waals surface area contributed by atoms with Gasteiger partial charge in [0.1, 0.15) is 12.1 Å². The third-order valence-electron chi connectivity index (χ3n) is 4.24. The van der Waals surface area contributed by atoms with E-state index in [9.17, 15) is 4.79 Å². The Morgan fingerprint density at radius 2 is 1.50 bits per heavy atom. The van der Waals surface area contributed by atoms with Gasteiger partial charge in [0.15, 0.2) is 0 Å². The number of para-hydroxylation sites is 1. The molecule has 4 aromatic rings. The first-order chi connectivity index (χ1) is 13.7. The molecule has 1 aromatic heterocycles. The van der Waals surface area contributed by atoms with Crippen LogP contribution in [0.4, 0.5) is 27.7 Å². The molecule has 28 heavy (non-hydrogen) atoms. The highest BCUT2D eigenvalue weighted by Gasteiger charge is 2.08. The van der Waals surface area contributed by atoms with Gasteiger partial charge in [-0.2, -0.15) is 0 Å². The summed E-state index contributed by atoms with van der Waals surface area (Å²) < 4.78 is 0. The second-order valence-corrected chi connectivity index (χ2v) is 6.39. The third kappa shape index (κ3) is 4.07. The number of hydrogen-bond acceptors (Lipinski definition) is 4. The molecule has 0 saturated heterocycles. The van der Waals surface area contributed by atoms with Crippen LogP contribution in [0, 0.1) is 6.92 Å². The molecule has 0 aliphatic carbocycles. The lowest BCUT2D eigenvalue weighted by Gasteiger charge is -2.11. The van der Waals surface area contributed by atoms with Crippen LogP contribution in [0.15, 0.2) is 79.1 Å². The van der Waals surface area contributed by atoms with Crippen molar-refractivity contribution in [2.24, 2.45) is 0 Å². The Morgan fingerprint density at radius 1 is 0.786 bits per heavy atom. The number of amides is 2. The minimum atomic E-state index is -0.310. The lowest BCUT2D eigenvalue weighted by atomic mass is 10.2. The average molecular weight is 369 g/mol. The van der Waals surface area contributed by atoms with Crippen LogP contribution in [-0.2, 0) is 0 Å². The molecule has 0 bridgehead atoms. The summed E-state index contributed by atoms with van der Waals surface area (Å²) in [5.41, 5.74) is 4.30. The standard InChI is InChI=1S/C22H19N5O/c1-15-7-9-17(10-8-15)25-21-19-13-18(11-12-20(19)23-14-24-21)27-22(28)26-16-5-3-2-4-6-16/h2-14H,1H3,(H,23,24,25)(H2,26,27,28). The smallest absolute Gasteiger partial charge is 0.323 e. The zero-order valence-electron chi connectivity index (χ0n) is 15.3. The fraction of sp³-hybridized carbons (Fsp3) is 0.0455. The first kappa shape index (κ1) is 17.5. The number of rotatable bonds is 4. The molecular weight excluding hydrogens is 350 g/mol. The summed E-state index contributed by atoms with van der Waals surface area (Å²) in [6, 6.07) is 22.6. The minimum Gasteiger partial charge on any atom is -0.340 e. The fourth-order valence-corrected chi connectivity index (χ4v) is 2.82. The lowest BCUT2D eigenvalue weighted by molar-refractivity contribution is 0.262. The van der Waals surface area contributed by atoms with Crippen LogP contribution in [0.2, 0.25) is 0 Å². The van der Waals surface area contributed by atoms with Gasteiger partial charge in [0.2, 0.25) is 0 Å². The first-order valence-electron chi connectivity index (χ1n) is 8.89. The molecule has 6 heteroatoms. The summed E-state index contributed by atoms with van der Waals surface area (Å²) in [7, 11) is 0. The van der Waals surface area contributed by atoms with Crippen molar-refractivity contribution in [2.75, 3.05) is 16.0 Å². The molecule has 4 rings (SSSR count). The van der Waals surface area contributed by atoms with E-state index in [2.05, 4.69) is 25.9 Å². The molecule has 2 amide bonds. The van der Waals surface area contributed by atoms with Crippen molar-refractivity contribution in [1.82, 2.24) is 9.97 Å². The van der Waals surface area contributed by atoms with Crippen LogP contribution in [-0.4, -0.2) is 16.0 Å². The van der Waals surface area contributed by atoms with Crippen LogP contribution in [0.3, 0.4) is 0 Å². The van der Waals surface area contributed by atoms with Gasteiger partial charge in [-0.15, -0.1) is 0 Å². The van der Waals surface area contributed by atoms with Crippen LogP contribution < -0.4 is 16.0 Å². The van der Waals surface area contributed by atoms with Gasteiger partial charge < -0.3 is 16.0 Å². The molecule has 0 saturated carbocycles. The number of carbonyl (C=O) groups excluding carboxylic acids is 1. The third-order valence-corrected chi connectivity index (χ3v) is 4.24. The SMILES string of the molecule is Cc1ccc(Nc2ncnc3ccc(NC(=O)Nc4ccccc4)cc23)cc1. The van der Waals surface area contributed by atoms with Gasteiger partial charge in [-0.3, -0.25) is 0 Å². The number of nitrogens with zero attached hydrogens (tertiary/aromatic N) is 2. The van der Waals surface area contributed by atoms with E-state index >= 15 is 0 Å². The van der Waals surface area contributed by atoms with Crippen molar-refractivity contribution in [3.05, 3.63) is 84.7 Å². The fourth-order valence-electron chi connectivity index (χ4n) is 2.82. The summed E-state index contributed by atoms with van der Waals surface area (Å²) in [6.45, 7) is 2.04. The van der Waals surface area contributed by atoms with Crippen molar-refractivity contribution in [2.45, 2.75) is 6.92 Å². The summed E-state index contributed by atoms with van der Waals surface area (Å²) >= 11 is 0. The van der Waals surface area contributed by atoms with Crippen molar-refractivity contribution in [1.29, 1.82) is 0 Å². The van der Waals surface area contributed by atoms with Gasteiger partial charge in [-0.05, 0) is 49.4 Å². The number of urea groups is 1. The van der Waals surface area contributed by atoms with E-state index < -0.39 is 0 Å². The summed E-state index contributed by atoms with van der Waals surface area (Å²) in [4.78, 5) is 20.9. The minimum absolute atomic E-state index is 0.310. The van der Waals surface area contributed by atoms with Crippen molar-refractivity contribution < 1.29 is 4.79 Å². The van der Waals surface area contributed by atoms with Gasteiger partial charge >= 0.3 is 6.03 Å². The molecule has 0 unspecified atom stereocenters. The number of aromatic nitrogens is 2. The second-order valence-electron chi connectivity index (χ2n) is 6.39. The first-order valence-corrected chi connectivity index (χ1v) is 8.89. The largest absolute Gasteiger partial charge is 0.340 e. The number of carbonyl (C=O) groups is 1. The Labute approximate surface area is 162 Å². The predicted molar refractivity (Wildman–Crippen MR) is 113 cm³/mol. The number of benzene rings is 3. The van der Waals surface area contributed by atoms with Gasteiger partial charge in [0, 0.05) is 22.4 Å². The molecule has 3 N–H and O–H groups in total. The summed E-state index contributed by atoms with van der Waals surface area (Å²) in [5.74, 6) is 0.681. The topological polar surface area (TPSA) is 78.9 Å². The van der Waals surface area contributed by atoms with Crippen LogP contribution >= 0.6 is 0 Å². The Kier molecular flexibility index (Phi) is 4.84. The maximum Gasteiger partial charge on any atom is 0.323 e. The van der Waals surface area contributed by atoms with Gasteiger partial charge in [-0.25, -0.2) is 14.8 Å². The molecule has 3 aromatic carbocycles. The molecule has 0 radical (unpaired) electrons. The molecule has 138 valence electrons. The van der Waals surface area contributed by atoms with E-state index in [0.29, 0.717) is 11.5 Å². The highest BCUT2D eigenvalue weighted by Crippen LogP contribution is 2.26. The van der Waals surface area contributed by atoms with E-state index in [1.807, 2.05) is 79.7 Å². The Hall–Kier alpha value is -3.93. The zero-order chi connectivity index (χ0) is 19.3. The molecule has 0 fully saturated rings. The maximum atomic E-state index is 12.3. The summed E-state index contributed by atoms with van der Waals surface area (Å²) in [6.07, 6.45) is 1.52. The van der Waals surface area contributed by atoms with Crippen LogP contribution in [0.5, 0.6) is 0 Å². The number of anilines is 4. The quantitative estimate of drug-likeness (QED) is 0.454. The molecule has 0 spiro atoms. The number of aryl methyl sites for hydroxylation is 1. The van der Waals surface area contributed by atoms with E-state index in [-0.39, 0.29) is 6.03 Å². The van der Waals surface area contributed by atoms with Crippen LogP contribution in [0.25, 0.3) is 10.9 Å². The Morgan fingerprint density at radius 3 is 2.29 bits per heavy atom. The monoisotopic (exact) mass is 369 g/mol.